The number of hydrogen-bond acceptors (Lipinski definition) is 8. The third-order valence-corrected chi connectivity index (χ3v) is 14.9. The molecule has 1 unspecified atom stereocenters. The number of halogens is 1. The molecule has 0 bridgehead atoms. The van der Waals surface area contributed by atoms with Crippen molar-refractivity contribution in [3.63, 3.8) is 0 Å². The van der Waals surface area contributed by atoms with Gasteiger partial charge in [0.25, 0.3) is 11.8 Å². The summed E-state index contributed by atoms with van der Waals surface area (Å²) in [7, 11) is 5.22. The van der Waals surface area contributed by atoms with Gasteiger partial charge in [-0.25, -0.2) is 4.39 Å². The minimum Gasteiger partial charge on any atom is -0.508 e. The van der Waals surface area contributed by atoms with E-state index in [1.165, 1.54) is 19.6 Å². The number of nitrogens with two attached hydrogens (primary N) is 1. The van der Waals surface area contributed by atoms with Gasteiger partial charge in [-0.05, 0) is 123 Å². The number of fused-ring (bicyclic) bond motifs is 2. The van der Waals surface area contributed by atoms with Gasteiger partial charge in [-0.2, -0.15) is 12.6 Å². The van der Waals surface area contributed by atoms with Gasteiger partial charge >= 0.3 is 0 Å². The molecule has 4 aromatic carbocycles. The number of thiol groups is 1. The van der Waals surface area contributed by atoms with Crippen molar-refractivity contribution < 1.29 is 28.6 Å². The molecule has 5 heterocycles. The summed E-state index contributed by atoms with van der Waals surface area (Å²) in [6, 6.07) is 26.6. The number of likely N-dealkylation sites (tertiary alicyclic amines) is 1. The number of benzene rings is 4. The third kappa shape index (κ3) is 8.68. The van der Waals surface area contributed by atoms with Crippen molar-refractivity contribution >= 4 is 47.5 Å². The van der Waals surface area contributed by atoms with Crippen molar-refractivity contribution in [3.8, 4) is 22.8 Å². The molecular formula is C53H58FN7O5S. The van der Waals surface area contributed by atoms with Crippen LogP contribution in [0, 0.1) is 19.7 Å². The standard InChI is InChI=1S/C53H58FN7O5S/c1-32-42(53(65)61(38-14-16-39(62)17-15-38)46-28-49(55)57(4)33(46)2)27-47(56(32)3)43-23-34-19-22-59(50(63)25-35-13-18-40(66-5)26-45(35)54)29-37(34)24-44(43)52(64)60-30-36-11-7-8-12-41(36)51(67)48(60)31-58-20-9-6-10-21-58/h7-8,11-18,23-24,26-28,48,51,62,67H,6,9-10,19-22,25,29-31,55H2,1-5H3/t48-,51?/m1/s1. The largest absolute Gasteiger partial charge is 0.508 e. The zero-order chi connectivity index (χ0) is 47.3. The molecule has 1 saturated heterocycles. The van der Waals surface area contributed by atoms with Crippen LogP contribution in [0.2, 0.25) is 0 Å². The molecule has 12 nitrogen and oxygen atoms in total. The summed E-state index contributed by atoms with van der Waals surface area (Å²) in [6.07, 6.45) is 3.81. The van der Waals surface area contributed by atoms with E-state index in [2.05, 4.69) is 23.1 Å². The fraction of sp³-hybridized carbons (Fsp3) is 0.340. The number of hydrogen-bond donors (Lipinski definition) is 3. The summed E-state index contributed by atoms with van der Waals surface area (Å²) < 4.78 is 24.0. The van der Waals surface area contributed by atoms with Crippen LogP contribution in [-0.2, 0) is 44.8 Å². The number of nitrogen functional groups attached to an aromatic ring is 1. The van der Waals surface area contributed by atoms with Crippen molar-refractivity contribution in [2.75, 3.05) is 43.9 Å². The van der Waals surface area contributed by atoms with Gasteiger partial charge in [0.05, 0.1) is 30.8 Å². The van der Waals surface area contributed by atoms with E-state index in [1.807, 2.05) is 66.2 Å². The number of ether oxygens (including phenoxy) is 1. The summed E-state index contributed by atoms with van der Waals surface area (Å²) in [5.74, 6) is -0.247. The molecule has 67 heavy (non-hydrogen) atoms. The number of carbonyl (C=O) groups is 3. The molecular weight excluding hydrogens is 866 g/mol. The van der Waals surface area contributed by atoms with E-state index in [9.17, 15) is 9.90 Å². The van der Waals surface area contributed by atoms with Crippen molar-refractivity contribution in [2.24, 2.45) is 14.1 Å². The Kier molecular flexibility index (Phi) is 12.7. The first-order valence-electron chi connectivity index (χ1n) is 23.0. The second kappa shape index (κ2) is 18.6. The minimum atomic E-state index is -0.503. The molecule has 0 radical (unpaired) electrons. The van der Waals surface area contributed by atoms with E-state index >= 15 is 14.0 Å². The number of methoxy groups -OCH3 is 1. The van der Waals surface area contributed by atoms with Gasteiger partial charge < -0.3 is 39.4 Å². The van der Waals surface area contributed by atoms with E-state index in [-0.39, 0.29) is 53.3 Å². The predicted octanol–water partition coefficient (Wildman–Crippen LogP) is 8.67. The first kappa shape index (κ1) is 45.6. The lowest BCUT2D eigenvalue weighted by molar-refractivity contribution is -0.131. The molecule has 0 aliphatic carbocycles. The number of anilines is 3. The number of aromatic nitrogens is 2. The number of phenols is 1. The highest BCUT2D eigenvalue weighted by Crippen LogP contribution is 2.41. The van der Waals surface area contributed by atoms with Crippen LogP contribution in [0.15, 0.2) is 91.0 Å². The number of rotatable bonds is 10. The molecule has 348 valence electrons. The molecule has 3 N–H and O–H groups in total. The third-order valence-electron chi connectivity index (χ3n) is 14.3. The Morgan fingerprint density at radius 1 is 0.836 bits per heavy atom. The molecule has 2 atom stereocenters. The van der Waals surface area contributed by atoms with E-state index < -0.39 is 5.82 Å². The number of phenolic OH excluding ortho intramolecular Hbond substituents is 1. The highest BCUT2D eigenvalue weighted by Gasteiger charge is 2.39. The Bertz CT molecular complexity index is 2880. The molecule has 2 aromatic heterocycles. The topological polar surface area (TPSA) is 130 Å². The smallest absolute Gasteiger partial charge is 0.264 e. The quantitative estimate of drug-likeness (QED) is 0.117. The highest BCUT2D eigenvalue weighted by atomic mass is 32.1. The number of amides is 3. The van der Waals surface area contributed by atoms with Gasteiger partial charge in [0.2, 0.25) is 5.91 Å². The molecule has 9 rings (SSSR count). The van der Waals surface area contributed by atoms with Gasteiger partial charge in [-0.3, -0.25) is 19.3 Å². The van der Waals surface area contributed by atoms with Crippen LogP contribution in [0.5, 0.6) is 11.5 Å². The summed E-state index contributed by atoms with van der Waals surface area (Å²) >= 11 is 5.26. The van der Waals surface area contributed by atoms with Crippen LogP contribution < -0.4 is 15.4 Å². The van der Waals surface area contributed by atoms with Gasteiger partial charge in [-0.1, -0.05) is 36.8 Å². The summed E-state index contributed by atoms with van der Waals surface area (Å²) in [6.45, 7) is 7.46. The average Bonchev–Trinajstić information content (AvgIpc) is 3.77. The number of aromatic hydroxyl groups is 1. The van der Waals surface area contributed by atoms with Crippen LogP contribution in [0.3, 0.4) is 0 Å². The molecule has 14 heteroatoms. The second-order valence-electron chi connectivity index (χ2n) is 18.2. The van der Waals surface area contributed by atoms with Crippen LogP contribution >= 0.6 is 12.6 Å². The van der Waals surface area contributed by atoms with E-state index in [0.29, 0.717) is 77.1 Å². The van der Waals surface area contributed by atoms with Crippen LogP contribution in [0.25, 0.3) is 11.3 Å². The summed E-state index contributed by atoms with van der Waals surface area (Å²) in [4.78, 5) is 52.6. The zero-order valence-corrected chi connectivity index (χ0v) is 39.7. The summed E-state index contributed by atoms with van der Waals surface area (Å²) in [5.41, 5.74) is 15.5. The van der Waals surface area contributed by atoms with E-state index in [1.54, 1.807) is 52.3 Å². The van der Waals surface area contributed by atoms with Crippen LogP contribution in [0.1, 0.15) is 84.4 Å². The fourth-order valence-electron chi connectivity index (χ4n) is 10.1. The lowest BCUT2D eigenvalue weighted by atomic mass is 9.89. The average molecular weight is 924 g/mol. The van der Waals surface area contributed by atoms with Crippen molar-refractivity contribution in [2.45, 2.75) is 70.3 Å². The maximum Gasteiger partial charge on any atom is 0.264 e. The number of piperidine rings is 1. The Labute approximate surface area is 396 Å². The van der Waals surface area contributed by atoms with E-state index in [0.717, 1.165) is 53.9 Å². The second-order valence-corrected chi connectivity index (χ2v) is 18.8. The first-order chi connectivity index (χ1) is 32.2. The minimum absolute atomic E-state index is 0.0708. The zero-order valence-electron chi connectivity index (χ0n) is 38.8. The highest BCUT2D eigenvalue weighted by molar-refractivity contribution is 7.80. The van der Waals surface area contributed by atoms with Gasteiger partial charge in [-0.15, -0.1) is 0 Å². The molecule has 0 spiro atoms. The molecule has 6 aromatic rings. The molecule has 1 fully saturated rings. The van der Waals surface area contributed by atoms with Crippen LogP contribution in [0.4, 0.5) is 21.6 Å². The predicted molar refractivity (Wildman–Crippen MR) is 263 cm³/mol. The Morgan fingerprint density at radius 2 is 1.58 bits per heavy atom. The molecule has 3 amide bonds. The van der Waals surface area contributed by atoms with Gasteiger partial charge in [0, 0.05) is 91.6 Å². The fourth-order valence-corrected chi connectivity index (χ4v) is 10.6. The van der Waals surface area contributed by atoms with Crippen LogP contribution in [-0.4, -0.2) is 86.0 Å². The van der Waals surface area contributed by atoms with Crippen molar-refractivity contribution in [3.05, 3.63) is 147 Å². The molecule has 0 saturated carbocycles. The molecule has 3 aliphatic rings. The van der Waals surface area contributed by atoms with Crippen molar-refractivity contribution in [1.29, 1.82) is 0 Å². The maximum absolute atomic E-state index is 15.8. The number of nitrogens with zero attached hydrogens (tertiary/aromatic N) is 6. The Morgan fingerprint density at radius 3 is 2.28 bits per heavy atom. The summed E-state index contributed by atoms with van der Waals surface area (Å²) in [5, 5.41) is 9.98. The normalized spacial score (nSPS) is 17.2. The monoisotopic (exact) mass is 923 g/mol. The lowest BCUT2D eigenvalue weighted by Crippen LogP contribution is -2.52. The van der Waals surface area contributed by atoms with E-state index in [4.69, 9.17) is 23.1 Å². The van der Waals surface area contributed by atoms with Gasteiger partial charge in [0.1, 0.15) is 23.1 Å². The number of carbonyl (C=O) groups excluding carboxylic acids is 3. The molecule has 3 aliphatic heterocycles. The van der Waals surface area contributed by atoms with Gasteiger partial charge in [0.15, 0.2) is 0 Å². The Hall–Kier alpha value is -6.51. The Balaban J connectivity index is 1.14. The maximum atomic E-state index is 15.8. The SMILES string of the molecule is COc1ccc(CC(=O)N2CCc3cc(-c4cc(C(=O)N(c5ccc(O)cc5)c5cc(N)n(C)c5C)c(C)n4C)c(C(=O)N4Cc5ccccc5C(S)[C@H]4CN4CCCCC4)cc3C2)c(F)c1. The lowest BCUT2D eigenvalue weighted by Gasteiger charge is -2.44. The first-order valence-corrected chi connectivity index (χ1v) is 23.5. The van der Waals surface area contributed by atoms with Crippen molar-refractivity contribution in [1.82, 2.24) is 23.8 Å².